The second kappa shape index (κ2) is 8.67. The number of urea groups is 1. The topological polar surface area (TPSA) is 111 Å². The summed E-state index contributed by atoms with van der Waals surface area (Å²) in [6.07, 6.45) is 0. The first-order valence-corrected chi connectivity index (χ1v) is 9.47. The molecule has 0 saturated heterocycles. The molecule has 0 radical (unpaired) electrons. The van der Waals surface area contributed by atoms with Crippen molar-refractivity contribution in [3.8, 4) is 0 Å². The Morgan fingerprint density at radius 3 is 2.85 bits per heavy atom. The summed E-state index contributed by atoms with van der Waals surface area (Å²) >= 11 is 1.34. The Labute approximate surface area is 160 Å². The van der Waals surface area contributed by atoms with Gasteiger partial charge in [0.2, 0.25) is 5.16 Å². The molecule has 1 unspecified atom stereocenters. The van der Waals surface area contributed by atoms with Gasteiger partial charge in [-0.25, -0.2) is 14.3 Å². The number of nitrogens with one attached hydrogen (secondary N) is 2. The van der Waals surface area contributed by atoms with Crippen LogP contribution in [-0.4, -0.2) is 50.6 Å². The SMILES string of the molecule is CCOC(=O)C1=C(CSc2nnnn2Cc2ccccc2)NC(=O)NC1C. The fraction of sp³-hybridized carbons (Fsp3) is 0.353. The molecule has 142 valence electrons. The number of nitrogens with zero attached hydrogens (tertiary/aromatic N) is 4. The highest BCUT2D eigenvalue weighted by Gasteiger charge is 2.29. The van der Waals surface area contributed by atoms with Crippen molar-refractivity contribution in [2.24, 2.45) is 0 Å². The van der Waals surface area contributed by atoms with Crippen LogP contribution in [0.2, 0.25) is 0 Å². The van der Waals surface area contributed by atoms with Crippen molar-refractivity contribution in [1.82, 2.24) is 30.8 Å². The summed E-state index contributed by atoms with van der Waals surface area (Å²) in [5.41, 5.74) is 1.98. The van der Waals surface area contributed by atoms with Crippen LogP contribution in [0.4, 0.5) is 4.79 Å². The molecule has 0 spiro atoms. The number of tetrazole rings is 1. The Morgan fingerprint density at radius 1 is 1.33 bits per heavy atom. The average molecular weight is 388 g/mol. The average Bonchev–Trinajstić information content (AvgIpc) is 3.07. The van der Waals surface area contributed by atoms with Crippen molar-refractivity contribution in [2.45, 2.75) is 31.6 Å². The van der Waals surface area contributed by atoms with Gasteiger partial charge in [-0.2, -0.15) is 0 Å². The van der Waals surface area contributed by atoms with Gasteiger partial charge in [-0.1, -0.05) is 42.1 Å². The minimum atomic E-state index is -0.447. The van der Waals surface area contributed by atoms with Crippen LogP contribution in [0.25, 0.3) is 0 Å². The molecule has 1 aromatic carbocycles. The van der Waals surface area contributed by atoms with E-state index in [1.807, 2.05) is 30.3 Å². The molecule has 3 rings (SSSR count). The first-order chi connectivity index (χ1) is 13.1. The lowest BCUT2D eigenvalue weighted by Gasteiger charge is -2.26. The van der Waals surface area contributed by atoms with Crippen LogP contribution in [0, 0.1) is 0 Å². The minimum Gasteiger partial charge on any atom is -0.463 e. The van der Waals surface area contributed by atoms with Gasteiger partial charge in [0.15, 0.2) is 0 Å². The third kappa shape index (κ3) is 4.64. The predicted octanol–water partition coefficient (Wildman–Crippen LogP) is 1.33. The monoisotopic (exact) mass is 388 g/mol. The lowest BCUT2D eigenvalue weighted by atomic mass is 10.1. The summed E-state index contributed by atoms with van der Waals surface area (Å²) in [5, 5.41) is 17.7. The number of hydrogen-bond donors (Lipinski definition) is 2. The van der Waals surface area contributed by atoms with Crippen LogP contribution in [0.5, 0.6) is 0 Å². The molecule has 1 atom stereocenters. The molecule has 0 aliphatic carbocycles. The number of esters is 1. The predicted molar refractivity (Wildman–Crippen MR) is 98.9 cm³/mol. The normalized spacial score (nSPS) is 16.7. The summed E-state index contributed by atoms with van der Waals surface area (Å²) in [5.74, 6) is -0.113. The van der Waals surface area contributed by atoms with Gasteiger partial charge in [0.05, 0.1) is 24.8 Å². The van der Waals surface area contributed by atoms with Gasteiger partial charge in [0.25, 0.3) is 0 Å². The Morgan fingerprint density at radius 2 is 2.11 bits per heavy atom. The van der Waals surface area contributed by atoms with E-state index in [-0.39, 0.29) is 12.6 Å². The molecule has 9 nitrogen and oxygen atoms in total. The van der Waals surface area contributed by atoms with E-state index < -0.39 is 12.0 Å². The van der Waals surface area contributed by atoms with Crippen molar-refractivity contribution < 1.29 is 14.3 Å². The van der Waals surface area contributed by atoms with E-state index in [2.05, 4.69) is 26.2 Å². The first-order valence-electron chi connectivity index (χ1n) is 8.49. The Hall–Kier alpha value is -2.88. The number of hydrogen-bond acceptors (Lipinski definition) is 7. The van der Waals surface area contributed by atoms with Crippen molar-refractivity contribution >= 4 is 23.8 Å². The maximum absolute atomic E-state index is 12.3. The maximum atomic E-state index is 12.3. The Kier molecular flexibility index (Phi) is 6.07. The lowest BCUT2D eigenvalue weighted by Crippen LogP contribution is -2.49. The highest BCUT2D eigenvalue weighted by Crippen LogP contribution is 2.22. The van der Waals surface area contributed by atoms with E-state index in [0.29, 0.717) is 28.7 Å². The second-order valence-corrected chi connectivity index (χ2v) is 6.77. The maximum Gasteiger partial charge on any atom is 0.337 e. The fourth-order valence-electron chi connectivity index (χ4n) is 2.69. The standard InChI is InChI=1S/C17H20N6O3S/c1-3-26-15(24)14-11(2)18-16(25)19-13(14)10-27-17-20-21-22-23(17)9-12-7-5-4-6-8-12/h4-8,11H,3,9-10H2,1-2H3,(H2,18,19,25). The van der Waals surface area contributed by atoms with Crippen LogP contribution in [-0.2, 0) is 16.1 Å². The molecule has 0 fully saturated rings. The van der Waals surface area contributed by atoms with E-state index >= 15 is 0 Å². The number of carbonyl (C=O) groups is 2. The van der Waals surface area contributed by atoms with Gasteiger partial charge in [-0.3, -0.25) is 0 Å². The van der Waals surface area contributed by atoms with Crippen LogP contribution >= 0.6 is 11.8 Å². The number of thioether (sulfide) groups is 1. The van der Waals surface area contributed by atoms with E-state index in [4.69, 9.17) is 4.74 Å². The molecule has 1 aromatic heterocycles. The summed E-state index contributed by atoms with van der Waals surface area (Å²) < 4.78 is 6.79. The highest BCUT2D eigenvalue weighted by molar-refractivity contribution is 7.99. The highest BCUT2D eigenvalue weighted by atomic mass is 32.2. The lowest BCUT2D eigenvalue weighted by molar-refractivity contribution is -0.138. The van der Waals surface area contributed by atoms with E-state index in [0.717, 1.165) is 5.56 Å². The zero-order valence-electron chi connectivity index (χ0n) is 15.0. The van der Waals surface area contributed by atoms with Crippen LogP contribution in [0.15, 0.2) is 46.8 Å². The Balaban J connectivity index is 1.76. The number of carbonyl (C=O) groups excluding carboxylic acids is 2. The van der Waals surface area contributed by atoms with Gasteiger partial charge in [-0.05, 0) is 29.8 Å². The number of ether oxygens (including phenoxy) is 1. The van der Waals surface area contributed by atoms with E-state index in [1.54, 1.807) is 18.5 Å². The van der Waals surface area contributed by atoms with Gasteiger partial charge in [0.1, 0.15) is 0 Å². The van der Waals surface area contributed by atoms with Crippen molar-refractivity contribution in [3.63, 3.8) is 0 Å². The van der Waals surface area contributed by atoms with Crippen LogP contribution in [0.1, 0.15) is 19.4 Å². The number of amides is 2. The summed E-state index contributed by atoms with van der Waals surface area (Å²) in [7, 11) is 0. The summed E-state index contributed by atoms with van der Waals surface area (Å²) in [4.78, 5) is 24.1. The number of aromatic nitrogens is 4. The van der Waals surface area contributed by atoms with Crippen molar-refractivity contribution in [3.05, 3.63) is 47.2 Å². The molecule has 2 N–H and O–H groups in total. The quantitative estimate of drug-likeness (QED) is 0.544. The molecule has 2 heterocycles. The minimum absolute atomic E-state index is 0.263. The Bertz CT molecular complexity index is 851. The molecule has 1 aliphatic rings. The molecule has 27 heavy (non-hydrogen) atoms. The summed E-state index contributed by atoms with van der Waals surface area (Å²) in [6, 6.07) is 9.05. The second-order valence-electron chi connectivity index (χ2n) is 5.83. The molecule has 0 saturated carbocycles. The zero-order chi connectivity index (χ0) is 19.2. The van der Waals surface area contributed by atoms with Gasteiger partial charge >= 0.3 is 12.0 Å². The molecular weight excluding hydrogens is 368 g/mol. The smallest absolute Gasteiger partial charge is 0.337 e. The number of rotatable bonds is 7. The van der Waals surface area contributed by atoms with Gasteiger partial charge in [0, 0.05) is 11.4 Å². The van der Waals surface area contributed by atoms with Gasteiger partial charge < -0.3 is 15.4 Å². The van der Waals surface area contributed by atoms with E-state index in [1.165, 1.54) is 11.8 Å². The molecule has 1 aliphatic heterocycles. The third-order valence-corrected chi connectivity index (χ3v) is 4.87. The molecule has 2 aromatic rings. The summed E-state index contributed by atoms with van der Waals surface area (Å²) in [6.45, 7) is 4.28. The largest absolute Gasteiger partial charge is 0.463 e. The molecule has 2 amide bonds. The molecular formula is C17H20N6O3S. The zero-order valence-corrected chi connectivity index (χ0v) is 15.8. The van der Waals surface area contributed by atoms with Crippen LogP contribution in [0.3, 0.4) is 0 Å². The number of benzene rings is 1. The van der Waals surface area contributed by atoms with Crippen molar-refractivity contribution in [1.29, 1.82) is 0 Å². The van der Waals surface area contributed by atoms with Crippen molar-refractivity contribution in [2.75, 3.05) is 12.4 Å². The molecule has 10 heteroatoms. The van der Waals surface area contributed by atoms with E-state index in [9.17, 15) is 9.59 Å². The fourth-order valence-corrected chi connectivity index (χ4v) is 3.53. The third-order valence-electron chi connectivity index (χ3n) is 3.89. The molecule has 0 bridgehead atoms. The first kappa shape index (κ1) is 18.9. The van der Waals surface area contributed by atoms with Gasteiger partial charge in [-0.15, -0.1) is 5.10 Å². The van der Waals surface area contributed by atoms with Crippen LogP contribution < -0.4 is 10.6 Å².